The smallest absolute Gasteiger partial charge is 0.255 e. The zero-order chi connectivity index (χ0) is 25.2. The van der Waals surface area contributed by atoms with E-state index in [-0.39, 0.29) is 11.8 Å². The number of hydrogen-bond donors (Lipinski definition) is 1. The predicted octanol–water partition coefficient (Wildman–Crippen LogP) is 4.81. The Morgan fingerprint density at radius 3 is 2.72 bits per heavy atom. The first-order valence-corrected chi connectivity index (χ1v) is 12.5. The van der Waals surface area contributed by atoms with Gasteiger partial charge in [-0.25, -0.2) is 4.68 Å². The first kappa shape index (κ1) is 23.8. The van der Waals surface area contributed by atoms with E-state index in [1.54, 1.807) is 18.2 Å². The molecular weight excluding hydrogens is 450 g/mol. The van der Waals surface area contributed by atoms with Crippen LogP contribution in [0.25, 0.3) is 16.6 Å². The molecule has 0 atom stereocenters. The lowest BCUT2D eigenvalue weighted by atomic mass is 9.92. The molecule has 1 saturated heterocycles. The van der Waals surface area contributed by atoms with Crippen molar-refractivity contribution in [2.75, 3.05) is 25.5 Å². The van der Waals surface area contributed by atoms with E-state index >= 15 is 0 Å². The van der Waals surface area contributed by atoms with Crippen LogP contribution in [0.15, 0.2) is 55.0 Å². The molecule has 1 amide bonds. The second-order valence-electron chi connectivity index (χ2n) is 9.98. The number of amides is 1. The van der Waals surface area contributed by atoms with Crippen molar-refractivity contribution in [3.05, 3.63) is 71.7 Å². The molecule has 4 aromatic rings. The number of fused-ring (bicyclic) bond motifs is 1. The van der Waals surface area contributed by atoms with Crippen molar-refractivity contribution in [1.82, 2.24) is 24.5 Å². The second kappa shape index (κ2) is 9.96. The van der Waals surface area contributed by atoms with Crippen LogP contribution in [0, 0.1) is 17.2 Å². The Bertz CT molecular complexity index is 1430. The zero-order valence-electron chi connectivity index (χ0n) is 21.0. The molecule has 184 valence electrons. The van der Waals surface area contributed by atoms with Gasteiger partial charge in [0.15, 0.2) is 0 Å². The van der Waals surface area contributed by atoms with Gasteiger partial charge in [0.1, 0.15) is 5.69 Å². The Morgan fingerprint density at radius 1 is 1.17 bits per heavy atom. The van der Waals surface area contributed by atoms with E-state index in [0.717, 1.165) is 41.8 Å². The highest BCUT2D eigenvalue weighted by Crippen LogP contribution is 2.26. The first-order chi connectivity index (χ1) is 17.4. The Balaban J connectivity index is 1.38. The second-order valence-corrected chi connectivity index (χ2v) is 9.98. The fourth-order valence-corrected chi connectivity index (χ4v) is 5.05. The van der Waals surface area contributed by atoms with Gasteiger partial charge in [-0.1, -0.05) is 19.9 Å². The molecule has 36 heavy (non-hydrogen) atoms. The maximum absolute atomic E-state index is 13.2. The number of aromatic nitrogens is 4. The van der Waals surface area contributed by atoms with Gasteiger partial charge in [0.05, 0.1) is 35.7 Å². The summed E-state index contributed by atoms with van der Waals surface area (Å²) in [5, 5.41) is 22.7. The molecule has 0 bridgehead atoms. The molecule has 3 heterocycles. The van der Waals surface area contributed by atoms with Gasteiger partial charge in [-0.05, 0) is 80.7 Å². The van der Waals surface area contributed by atoms with Crippen molar-refractivity contribution in [2.24, 2.45) is 5.92 Å². The number of benzene rings is 2. The van der Waals surface area contributed by atoms with Crippen LogP contribution in [0.5, 0.6) is 0 Å². The standard InChI is InChI=1S/C28H31N7O/c1-19(2)27-21(14-29)5-4-6-25(27)28(36)32-23-8-7-22-15-31-35(26(22)13-23)24-16-30-34(18-24)17-20-9-11-33(3)12-10-20/h4-8,13,15-16,18-20H,9-12,17H2,1-3H3,(H,32,36). The topological polar surface area (TPSA) is 91.8 Å². The van der Waals surface area contributed by atoms with Crippen molar-refractivity contribution < 1.29 is 4.79 Å². The van der Waals surface area contributed by atoms with Gasteiger partial charge in [-0.3, -0.25) is 9.48 Å². The minimum atomic E-state index is -0.229. The summed E-state index contributed by atoms with van der Waals surface area (Å²) in [7, 11) is 2.17. The van der Waals surface area contributed by atoms with E-state index in [0.29, 0.717) is 22.7 Å². The van der Waals surface area contributed by atoms with E-state index in [2.05, 4.69) is 33.5 Å². The summed E-state index contributed by atoms with van der Waals surface area (Å²) in [6, 6.07) is 13.2. The molecule has 8 heteroatoms. The van der Waals surface area contributed by atoms with Crippen LogP contribution in [0.4, 0.5) is 5.69 Å². The minimum Gasteiger partial charge on any atom is -0.322 e. The molecular formula is C28H31N7O. The van der Waals surface area contributed by atoms with E-state index in [4.69, 9.17) is 0 Å². The maximum atomic E-state index is 13.2. The number of carbonyl (C=O) groups is 1. The van der Waals surface area contributed by atoms with Gasteiger partial charge in [0.2, 0.25) is 0 Å². The molecule has 0 spiro atoms. The molecule has 5 rings (SSSR count). The Hall–Kier alpha value is -3.96. The van der Waals surface area contributed by atoms with Crippen LogP contribution in [-0.2, 0) is 6.54 Å². The highest BCUT2D eigenvalue weighted by Gasteiger charge is 2.19. The summed E-state index contributed by atoms with van der Waals surface area (Å²) in [6.07, 6.45) is 8.08. The molecule has 1 aliphatic heterocycles. The normalized spacial score (nSPS) is 14.9. The third-order valence-corrected chi connectivity index (χ3v) is 7.02. The minimum absolute atomic E-state index is 0.0524. The molecule has 0 radical (unpaired) electrons. The summed E-state index contributed by atoms with van der Waals surface area (Å²) in [5.41, 5.74) is 4.27. The summed E-state index contributed by atoms with van der Waals surface area (Å²) in [4.78, 5) is 15.6. The number of nitriles is 1. The highest BCUT2D eigenvalue weighted by molar-refractivity contribution is 6.06. The predicted molar refractivity (Wildman–Crippen MR) is 140 cm³/mol. The van der Waals surface area contributed by atoms with Gasteiger partial charge in [-0.15, -0.1) is 0 Å². The molecule has 1 N–H and O–H groups in total. The number of nitrogens with one attached hydrogen (secondary N) is 1. The molecule has 0 aliphatic carbocycles. The fourth-order valence-electron chi connectivity index (χ4n) is 5.05. The third kappa shape index (κ3) is 4.75. The van der Waals surface area contributed by atoms with Crippen molar-refractivity contribution in [1.29, 1.82) is 5.26 Å². The van der Waals surface area contributed by atoms with Crippen molar-refractivity contribution >= 4 is 22.5 Å². The quantitative estimate of drug-likeness (QED) is 0.427. The fraction of sp³-hybridized carbons (Fsp3) is 0.357. The number of likely N-dealkylation sites (tertiary alicyclic amines) is 1. The molecule has 0 unspecified atom stereocenters. The zero-order valence-corrected chi connectivity index (χ0v) is 21.0. The number of anilines is 1. The van der Waals surface area contributed by atoms with Gasteiger partial charge in [0, 0.05) is 23.2 Å². The van der Waals surface area contributed by atoms with Crippen molar-refractivity contribution in [2.45, 2.75) is 39.2 Å². The van der Waals surface area contributed by atoms with Gasteiger partial charge >= 0.3 is 0 Å². The van der Waals surface area contributed by atoms with Gasteiger partial charge in [0.25, 0.3) is 5.91 Å². The van der Waals surface area contributed by atoms with Crippen LogP contribution in [-0.4, -0.2) is 50.5 Å². The van der Waals surface area contributed by atoms with Crippen LogP contribution in [0.3, 0.4) is 0 Å². The molecule has 1 fully saturated rings. The summed E-state index contributed by atoms with van der Waals surface area (Å²) >= 11 is 0. The van der Waals surface area contributed by atoms with E-state index in [1.807, 2.05) is 60.0 Å². The SMILES string of the molecule is CC(C)c1c(C#N)cccc1C(=O)Nc1ccc2cnn(-c3cnn(CC4CCN(C)CC4)c3)c2c1. The molecule has 2 aromatic carbocycles. The largest absolute Gasteiger partial charge is 0.322 e. The number of hydrogen-bond acceptors (Lipinski definition) is 5. The lowest BCUT2D eigenvalue weighted by molar-refractivity contribution is 0.102. The number of nitrogens with zero attached hydrogens (tertiary/aromatic N) is 6. The van der Waals surface area contributed by atoms with Crippen molar-refractivity contribution in [3.8, 4) is 11.8 Å². The average molecular weight is 482 g/mol. The van der Waals surface area contributed by atoms with Crippen LogP contribution < -0.4 is 5.32 Å². The van der Waals surface area contributed by atoms with Crippen molar-refractivity contribution in [3.63, 3.8) is 0 Å². The summed E-state index contributed by atoms with van der Waals surface area (Å²) < 4.78 is 3.87. The van der Waals surface area contributed by atoms with Crippen LogP contribution in [0.2, 0.25) is 0 Å². The van der Waals surface area contributed by atoms with E-state index in [9.17, 15) is 10.1 Å². The molecule has 1 aliphatic rings. The number of carbonyl (C=O) groups excluding carboxylic acids is 1. The molecule has 0 saturated carbocycles. The third-order valence-electron chi connectivity index (χ3n) is 7.02. The highest BCUT2D eigenvalue weighted by atomic mass is 16.1. The first-order valence-electron chi connectivity index (χ1n) is 12.5. The summed E-state index contributed by atoms with van der Waals surface area (Å²) in [6.45, 7) is 7.16. The van der Waals surface area contributed by atoms with E-state index < -0.39 is 0 Å². The monoisotopic (exact) mass is 481 g/mol. The van der Waals surface area contributed by atoms with Crippen LogP contribution >= 0.6 is 0 Å². The number of piperidine rings is 1. The van der Waals surface area contributed by atoms with Gasteiger partial charge < -0.3 is 10.2 Å². The Labute approximate surface area is 211 Å². The van der Waals surface area contributed by atoms with Crippen LogP contribution in [0.1, 0.15) is 54.1 Å². The van der Waals surface area contributed by atoms with E-state index in [1.165, 1.54) is 12.8 Å². The molecule has 8 nitrogen and oxygen atoms in total. The Morgan fingerprint density at radius 2 is 1.97 bits per heavy atom. The average Bonchev–Trinajstić information content (AvgIpc) is 3.51. The molecule has 2 aromatic heterocycles. The Kier molecular flexibility index (Phi) is 6.57. The lowest BCUT2D eigenvalue weighted by Gasteiger charge is -2.28. The van der Waals surface area contributed by atoms with Gasteiger partial charge in [-0.2, -0.15) is 15.5 Å². The lowest BCUT2D eigenvalue weighted by Crippen LogP contribution is -2.31. The summed E-state index contributed by atoms with van der Waals surface area (Å²) in [5.74, 6) is 0.462. The maximum Gasteiger partial charge on any atom is 0.255 e. The number of rotatable bonds is 6.